The smallest absolute Gasteiger partial charge is 0.200 e. The Morgan fingerprint density at radius 2 is 0.967 bits per heavy atom. The molecule has 12 rings (SSSR count). The van der Waals surface area contributed by atoms with Crippen molar-refractivity contribution < 1.29 is 13.6 Å². The van der Waals surface area contributed by atoms with Gasteiger partial charge >= 0.3 is 0 Å². The number of anilines is 6. The van der Waals surface area contributed by atoms with Crippen LogP contribution in [0.5, 0.6) is 11.5 Å². The first-order chi connectivity index (χ1) is 30.1. The number of para-hydroxylation sites is 5. The Bertz CT molecular complexity index is 3540. The lowest BCUT2D eigenvalue weighted by Gasteiger charge is -2.34. The van der Waals surface area contributed by atoms with Gasteiger partial charge in [-0.25, -0.2) is 0 Å². The largest absolute Gasteiger partial charge is 0.456 e. The van der Waals surface area contributed by atoms with E-state index in [9.17, 15) is 4.79 Å². The Labute approximate surface area is 350 Å². The van der Waals surface area contributed by atoms with Gasteiger partial charge in [-0.15, -0.1) is 0 Å². The maximum absolute atomic E-state index is 13.2. The van der Waals surface area contributed by atoms with Gasteiger partial charge in [-0.2, -0.15) is 0 Å². The van der Waals surface area contributed by atoms with E-state index in [1.54, 1.807) is 6.07 Å². The number of hydrogen-bond donors (Lipinski definition) is 0. The average molecular weight is 787 g/mol. The van der Waals surface area contributed by atoms with E-state index in [0.717, 1.165) is 89.8 Å². The Hall–Kier alpha value is -8.35. The van der Waals surface area contributed by atoms with E-state index in [0.29, 0.717) is 21.9 Å². The first-order valence-electron chi connectivity index (χ1n) is 20.3. The van der Waals surface area contributed by atoms with Gasteiger partial charge in [0.1, 0.15) is 16.7 Å². The Balaban J connectivity index is 0.937. The molecule has 11 aromatic rings. The number of hydrogen-bond acceptors (Lipinski definition) is 6. The minimum Gasteiger partial charge on any atom is -0.456 e. The van der Waals surface area contributed by atoms with Gasteiger partial charge in [-0.1, -0.05) is 115 Å². The van der Waals surface area contributed by atoms with Crippen LogP contribution in [0.4, 0.5) is 34.1 Å². The van der Waals surface area contributed by atoms with Crippen molar-refractivity contribution in [3.63, 3.8) is 0 Å². The summed E-state index contributed by atoms with van der Waals surface area (Å²) in [5, 5.41) is 3.30. The number of benzene rings is 9. The maximum Gasteiger partial charge on any atom is 0.200 e. The molecule has 0 unspecified atom stereocenters. The van der Waals surface area contributed by atoms with Crippen molar-refractivity contribution in [1.29, 1.82) is 0 Å². The topological polar surface area (TPSA) is 59.1 Å². The number of nitrogens with zero attached hydrogens (tertiary/aromatic N) is 2. The molecule has 0 saturated heterocycles. The summed E-state index contributed by atoms with van der Waals surface area (Å²) in [7, 11) is 0. The van der Waals surface area contributed by atoms with Gasteiger partial charge in [0.05, 0.1) is 33.5 Å². The first-order valence-corrected chi connectivity index (χ1v) is 20.3. The van der Waals surface area contributed by atoms with Crippen LogP contribution < -0.4 is 20.0 Å². The molecule has 1 aliphatic rings. The quantitative estimate of drug-likeness (QED) is 0.156. The molecule has 0 atom stereocenters. The van der Waals surface area contributed by atoms with Crippen LogP contribution in [0.25, 0.3) is 66.1 Å². The van der Waals surface area contributed by atoms with Gasteiger partial charge in [0.15, 0.2) is 17.1 Å². The Kier molecular flexibility index (Phi) is 7.90. The first kappa shape index (κ1) is 34.7. The minimum atomic E-state index is -0.0214. The summed E-state index contributed by atoms with van der Waals surface area (Å²) in [5.41, 5.74) is 12.7. The summed E-state index contributed by atoms with van der Waals surface area (Å²) in [6.45, 7) is 0. The molecule has 61 heavy (non-hydrogen) atoms. The highest BCUT2D eigenvalue weighted by Crippen LogP contribution is 2.53. The second-order valence-corrected chi connectivity index (χ2v) is 15.2. The van der Waals surface area contributed by atoms with Crippen LogP contribution in [0.2, 0.25) is 0 Å². The summed E-state index contributed by atoms with van der Waals surface area (Å²) in [5.74, 6) is 1.48. The molecule has 3 heterocycles. The van der Waals surface area contributed by atoms with E-state index >= 15 is 0 Å². The second-order valence-electron chi connectivity index (χ2n) is 15.2. The fourth-order valence-corrected chi connectivity index (χ4v) is 8.72. The molecule has 0 fully saturated rings. The number of rotatable bonds is 6. The van der Waals surface area contributed by atoms with Crippen molar-refractivity contribution in [2.45, 2.75) is 0 Å². The Morgan fingerprint density at radius 1 is 0.393 bits per heavy atom. The molecule has 0 radical (unpaired) electrons. The van der Waals surface area contributed by atoms with Crippen molar-refractivity contribution in [3.8, 4) is 33.8 Å². The molecule has 0 bridgehead atoms. The highest BCUT2D eigenvalue weighted by molar-refractivity contribution is 6.10. The maximum atomic E-state index is 13.2. The van der Waals surface area contributed by atoms with Gasteiger partial charge in [-0.3, -0.25) is 4.79 Å². The SMILES string of the molecule is O=c1c2ccccc2oc2cc(-c3ccc(-c4ccc5c(c4)Oc4cc(N(c6ccccc6)c6cccc7c6oc6ccccc67)ccc4N5c4ccccc4)cc3)ccc12. The zero-order valence-corrected chi connectivity index (χ0v) is 32.7. The van der Waals surface area contributed by atoms with E-state index in [2.05, 4.69) is 143 Å². The van der Waals surface area contributed by atoms with Gasteiger partial charge in [0, 0.05) is 28.2 Å². The van der Waals surface area contributed by atoms with Crippen LogP contribution >= 0.6 is 0 Å². The number of fused-ring (bicyclic) bond motifs is 7. The molecule has 0 aliphatic carbocycles. The molecule has 9 aromatic carbocycles. The van der Waals surface area contributed by atoms with Gasteiger partial charge < -0.3 is 23.4 Å². The van der Waals surface area contributed by atoms with Crippen molar-refractivity contribution in [2.75, 3.05) is 9.80 Å². The van der Waals surface area contributed by atoms with Crippen molar-refractivity contribution in [3.05, 3.63) is 216 Å². The Morgan fingerprint density at radius 3 is 1.74 bits per heavy atom. The molecule has 0 spiro atoms. The third-order valence-corrected chi connectivity index (χ3v) is 11.6. The van der Waals surface area contributed by atoms with E-state index < -0.39 is 0 Å². The zero-order valence-electron chi connectivity index (χ0n) is 32.7. The molecule has 0 saturated carbocycles. The summed E-state index contributed by atoms with van der Waals surface area (Å²) in [6, 6.07) is 69.7. The van der Waals surface area contributed by atoms with Gasteiger partial charge in [-0.05, 0) is 107 Å². The molecule has 288 valence electrons. The number of furan rings is 1. The molecule has 0 amide bonds. The third-order valence-electron chi connectivity index (χ3n) is 11.6. The van der Waals surface area contributed by atoms with E-state index in [1.165, 1.54) is 0 Å². The standard InChI is InChI=1S/C55H34N2O4/c58-54-44-17-8-10-21-50(44)59-51-32-37(26-29-45(51)54)35-22-24-36(25-23-35)38-27-30-46-52(33-38)60-53-34-41(28-31-47(53)57(46)40-14-5-2-6-15-40)56(39-12-3-1-4-13-39)48-19-11-18-43-42-16-7-9-20-49(42)61-55(43)48/h1-34H. The third kappa shape index (κ3) is 5.76. The predicted molar refractivity (Wildman–Crippen MR) is 248 cm³/mol. The van der Waals surface area contributed by atoms with Crippen LogP contribution in [-0.2, 0) is 0 Å². The van der Waals surface area contributed by atoms with Crippen LogP contribution in [0, 0.1) is 0 Å². The van der Waals surface area contributed by atoms with E-state index in [-0.39, 0.29) is 5.43 Å². The van der Waals surface area contributed by atoms with Gasteiger partial charge in [0.2, 0.25) is 5.43 Å². The van der Waals surface area contributed by atoms with Crippen LogP contribution in [0.3, 0.4) is 0 Å². The molecule has 2 aromatic heterocycles. The zero-order chi connectivity index (χ0) is 40.4. The lowest BCUT2D eigenvalue weighted by molar-refractivity contribution is 0.477. The lowest BCUT2D eigenvalue weighted by atomic mass is 9.98. The van der Waals surface area contributed by atoms with Crippen molar-refractivity contribution in [2.24, 2.45) is 0 Å². The van der Waals surface area contributed by atoms with E-state index in [1.807, 2.05) is 66.7 Å². The highest BCUT2D eigenvalue weighted by atomic mass is 16.5. The summed E-state index contributed by atoms with van der Waals surface area (Å²) >= 11 is 0. The van der Waals surface area contributed by atoms with Crippen LogP contribution in [0.1, 0.15) is 0 Å². The fourth-order valence-electron chi connectivity index (χ4n) is 8.72. The van der Waals surface area contributed by atoms with Crippen LogP contribution in [0.15, 0.2) is 220 Å². The molecular weight excluding hydrogens is 753 g/mol. The summed E-state index contributed by atoms with van der Waals surface area (Å²) in [6.07, 6.45) is 0. The minimum absolute atomic E-state index is 0.0214. The summed E-state index contributed by atoms with van der Waals surface area (Å²) < 4.78 is 19.7. The molecule has 0 N–H and O–H groups in total. The summed E-state index contributed by atoms with van der Waals surface area (Å²) in [4.78, 5) is 17.7. The lowest BCUT2D eigenvalue weighted by Crippen LogP contribution is -2.17. The van der Waals surface area contributed by atoms with Crippen molar-refractivity contribution >= 4 is 78.0 Å². The second kappa shape index (κ2) is 13.9. The molecule has 6 heteroatoms. The van der Waals surface area contributed by atoms with E-state index in [4.69, 9.17) is 13.6 Å². The molecule has 1 aliphatic heterocycles. The fraction of sp³-hybridized carbons (Fsp3) is 0. The average Bonchev–Trinajstić information content (AvgIpc) is 3.71. The highest BCUT2D eigenvalue weighted by Gasteiger charge is 2.28. The number of ether oxygens (including phenoxy) is 1. The van der Waals surface area contributed by atoms with Gasteiger partial charge in [0.25, 0.3) is 0 Å². The monoisotopic (exact) mass is 786 g/mol. The normalized spacial score (nSPS) is 12.1. The van der Waals surface area contributed by atoms with Crippen molar-refractivity contribution in [1.82, 2.24) is 0 Å². The predicted octanol–water partition coefficient (Wildman–Crippen LogP) is 15.2. The van der Waals surface area contributed by atoms with Crippen LogP contribution in [-0.4, -0.2) is 0 Å². The molecular formula is C55H34N2O4. The molecule has 6 nitrogen and oxygen atoms in total.